The lowest BCUT2D eigenvalue weighted by Gasteiger charge is -2.29. The number of aliphatic imine (C=N–C) groups is 2. The number of alkyl halides is 3. The number of carbonyl (C=O) groups is 1. The third-order valence-corrected chi connectivity index (χ3v) is 9.03. The van der Waals surface area contributed by atoms with Gasteiger partial charge in [0.2, 0.25) is 5.91 Å². The van der Waals surface area contributed by atoms with Crippen LogP contribution in [-0.4, -0.2) is 101 Å². The summed E-state index contributed by atoms with van der Waals surface area (Å²) in [5.74, 6) is -3.62. The zero-order chi connectivity index (χ0) is 32.1. The molecule has 0 spiro atoms. The van der Waals surface area contributed by atoms with Crippen LogP contribution in [-0.2, 0) is 27.9 Å². The van der Waals surface area contributed by atoms with Crippen LogP contribution >= 0.6 is 7.60 Å². The fourth-order valence-electron chi connectivity index (χ4n) is 4.83. The highest BCUT2D eigenvalue weighted by molar-refractivity contribution is 7.62. The minimum atomic E-state index is -4.74. The van der Waals surface area contributed by atoms with Gasteiger partial charge in [-0.25, -0.2) is 9.98 Å². The molecule has 0 bridgehead atoms. The van der Waals surface area contributed by atoms with Crippen LogP contribution in [0.5, 0.6) is 5.75 Å². The summed E-state index contributed by atoms with van der Waals surface area (Å²) in [7, 11) is 1.73. The second-order valence-electron chi connectivity index (χ2n) is 10.1. The van der Waals surface area contributed by atoms with Crippen LogP contribution in [0.4, 0.5) is 18.9 Å². The number of hydrogen-bond acceptors (Lipinski definition) is 10. The largest absolute Gasteiger partial charge is 0.494 e. The summed E-state index contributed by atoms with van der Waals surface area (Å²) < 4.78 is 83.9. The van der Waals surface area contributed by atoms with Crippen molar-refractivity contribution in [1.29, 1.82) is 0 Å². The van der Waals surface area contributed by atoms with Crippen LogP contribution in [0.25, 0.3) is 0 Å². The molecule has 0 N–H and O–H groups in total. The van der Waals surface area contributed by atoms with Crippen LogP contribution in [0.3, 0.4) is 0 Å². The highest BCUT2D eigenvalue weighted by Gasteiger charge is 2.46. The molecule has 44 heavy (non-hydrogen) atoms. The smallest absolute Gasteiger partial charge is 0.400 e. The maximum absolute atomic E-state index is 14.4. The summed E-state index contributed by atoms with van der Waals surface area (Å²) in [6, 6.07) is 3.00. The first kappa shape index (κ1) is 33.5. The van der Waals surface area contributed by atoms with Gasteiger partial charge in [0.1, 0.15) is 35.0 Å². The zero-order valence-electron chi connectivity index (χ0n) is 25.0. The normalized spacial score (nSPS) is 22.3. The summed E-state index contributed by atoms with van der Waals surface area (Å²) in [6.07, 6.45) is 2.11. The maximum atomic E-state index is 14.4. The molecule has 2 atom stereocenters. The van der Waals surface area contributed by atoms with Gasteiger partial charge >= 0.3 is 13.8 Å². The Kier molecular flexibility index (Phi) is 10.8. The van der Waals surface area contributed by atoms with Crippen molar-refractivity contribution in [2.24, 2.45) is 26.9 Å². The maximum Gasteiger partial charge on any atom is 0.400 e. The molecule has 2 aliphatic heterocycles. The molecular weight excluding hydrogens is 606 g/mol. The number of fused-ring (bicyclic) bond motifs is 1. The molecule has 0 aromatic heterocycles. The number of hydrogen-bond donors (Lipinski definition) is 0. The van der Waals surface area contributed by atoms with Crippen LogP contribution in [0.2, 0.25) is 0 Å². The number of rotatable bonds is 12. The van der Waals surface area contributed by atoms with Gasteiger partial charge in [0.25, 0.3) is 0 Å². The van der Waals surface area contributed by atoms with Crippen molar-refractivity contribution in [2.45, 2.75) is 19.5 Å². The van der Waals surface area contributed by atoms with Crippen LogP contribution in [0.15, 0.2) is 51.1 Å². The van der Waals surface area contributed by atoms with E-state index >= 15 is 0 Å². The van der Waals surface area contributed by atoms with Gasteiger partial charge < -0.3 is 28.2 Å². The molecule has 1 aromatic carbocycles. The first-order chi connectivity index (χ1) is 20.9. The summed E-state index contributed by atoms with van der Waals surface area (Å²) >= 11 is 0. The molecule has 1 amide bonds. The molecule has 1 aromatic rings. The third kappa shape index (κ3) is 7.29. The van der Waals surface area contributed by atoms with E-state index in [0.29, 0.717) is 17.7 Å². The number of nitrogens with zero attached hydrogens (tertiary/aromatic N) is 5. The molecule has 2 heterocycles. The van der Waals surface area contributed by atoms with Gasteiger partial charge in [-0.1, -0.05) is 12.1 Å². The minimum absolute atomic E-state index is 0.0124. The quantitative estimate of drug-likeness (QED) is 0.248. The lowest BCUT2D eigenvalue weighted by molar-refractivity contribution is -0.158. The highest BCUT2D eigenvalue weighted by atomic mass is 31.2. The Morgan fingerprint density at radius 3 is 2.39 bits per heavy atom. The molecule has 0 saturated carbocycles. The van der Waals surface area contributed by atoms with Crippen molar-refractivity contribution >= 4 is 42.4 Å². The van der Waals surface area contributed by atoms with Crippen molar-refractivity contribution in [3.8, 4) is 5.75 Å². The molecule has 16 heteroatoms. The van der Waals surface area contributed by atoms with Gasteiger partial charge in [0.05, 0.1) is 45.8 Å². The highest BCUT2D eigenvalue weighted by Crippen LogP contribution is 2.51. The van der Waals surface area contributed by atoms with Crippen molar-refractivity contribution in [3.63, 3.8) is 0 Å². The molecule has 4 rings (SSSR count). The molecule has 2 unspecified atom stereocenters. The number of methoxy groups -OCH3 is 3. The van der Waals surface area contributed by atoms with Crippen molar-refractivity contribution < 1.29 is 45.8 Å². The van der Waals surface area contributed by atoms with E-state index < -0.39 is 38.0 Å². The van der Waals surface area contributed by atoms with Crippen LogP contribution in [0.1, 0.15) is 12.0 Å². The second kappa shape index (κ2) is 14.2. The lowest BCUT2D eigenvalue weighted by Crippen LogP contribution is -2.43. The minimum Gasteiger partial charge on any atom is -0.494 e. The lowest BCUT2D eigenvalue weighted by atomic mass is 9.89. The van der Waals surface area contributed by atoms with E-state index in [-0.39, 0.29) is 49.1 Å². The Morgan fingerprint density at radius 2 is 1.77 bits per heavy atom. The van der Waals surface area contributed by atoms with E-state index in [1.165, 1.54) is 38.4 Å². The number of benzene rings is 1. The molecule has 240 valence electrons. The van der Waals surface area contributed by atoms with E-state index in [4.69, 9.17) is 23.3 Å². The van der Waals surface area contributed by atoms with Gasteiger partial charge in [-0.2, -0.15) is 18.3 Å². The first-order valence-corrected chi connectivity index (χ1v) is 15.2. The number of halogens is 3. The molecule has 0 fully saturated rings. The number of amides is 1. The van der Waals surface area contributed by atoms with Crippen molar-refractivity contribution in [3.05, 3.63) is 41.6 Å². The fourth-order valence-corrected chi connectivity index (χ4v) is 6.52. The SMILES string of the molecule is COCCOP(=O)(OCCOC)c1ccc(C)c(N=C2N=CN(N=C3C=CCC4=CN(C)C(=O)C43)CC2C(F)(F)F)c1OC. The average molecular weight is 642 g/mol. The monoisotopic (exact) mass is 641 g/mol. The standard InChI is InChI=1S/C28H35F3N5O7P/c1-18-9-10-22(44(38,42-13-11-39-3)43-14-12-40-4)25(41-5)24(18)33-26-20(28(29,30)31)16-36(17-32-26)34-21-8-6-7-19-15-35(2)27(37)23(19)21/h6,8-10,15,17,20,23H,7,11-14,16H2,1-5H3. The van der Waals surface area contributed by atoms with Gasteiger partial charge in [-0.15, -0.1) is 0 Å². The molecule has 0 radical (unpaired) electrons. The predicted molar refractivity (Wildman–Crippen MR) is 158 cm³/mol. The predicted octanol–water partition coefficient (Wildman–Crippen LogP) is 3.99. The van der Waals surface area contributed by atoms with E-state index in [1.54, 1.807) is 26.2 Å². The summed E-state index contributed by atoms with van der Waals surface area (Å²) in [5, 5.41) is 5.39. The fraction of sp³-hybridized carbons (Fsp3) is 0.500. The van der Waals surface area contributed by atoms with Gasteiger partial charge in [-0.3, -0.25) is 14.4 Å². The number of carbonyl (C=O) groups excluding carboxylic acids is 1. The Balaban J connectivity index is 1.73. The third-order valence-electron chi connectivity index (χ3n) is 7.04. The summed E-state index contributed by atoms with van der Waals surface area (Å²) in [5.41, 5.74) is 1.57. The Morgan fingerprint density at radius 1 is 1.09 bits per heavy atom. The van der Waals surface area contributed by atoms with Crippen LogP contribution in [0, 0.1) is 18.8 Å². The molecule has 1 aliphatic carbocycles. The number of hydrazone groups is 1. The number of aryl methyl sites for hydroxylation is 1. The van der Waals surface area contributed by atoms with Crippen LogP contribution < -0.4 is 10.0 Å². The van der Waals surface area contributed by atoms with Gasteiger partial charge in [-0.05, 0) is 36.6 Å². The van der Waals surface area contributed by atoms with Crippen molar-refractivity contribution in [1.82, 2.24) is 9.91 Å². The van der Waals surface area contributed by atoms with E-state index in [9.17, 15) is 22.5 Å². The summed E-state index contributed by atoms with van der Waals surface area (Å²) in [6.45, 7) is 1.05. The van der Waals surface area contributed by atoms with Gasteiger partial charge in [0, 0.05) is 27.5 Å². The Bertz CT molecular complexity index is 1430. The summed E-state index contributed by atoms with van der Waals surface area (Å²) in [4.78, 5) is 22.4. The molecular formula is C28H35F3N5O7P. The van der Waals surface area contributed by atoms with E-state index in [1.807, 2.05) is 6.08 Å². The first-order valence-electron chi connectivity index (χ1n) is 13.7. The second-order valence-corrected chi connectivity index (χ2v) is 12.1. The molecule has 0 saturated heterocycles. The van der Waals surface area contributed by atoms with E-state index in [0.717, 1.165) is 16.9 Å². The number of ether oxygens (including phenoxy) is 3. The average Bonchev–Trinajstić information content (AvgIpc) is 3.28. The van der Waals surface area contributed by atoms with E-state index in [2.05, 4.69) is 15.1 Å². The number of allylic oxidation sites excluding steroid dienone is 2. The number of amidine groups is 1. The molecule has 12 nitrogen and oxygen atoms in total. The molecule has 3 aliphatic rings. The topological polar surface area (TPSA) is 124 Å². The Labute approximate surface area is 253 Å². The van der Waals surface area contributed by atoms with Gasteiger partial charge in [0.15, 0.2) is 5.75 Å². The Hall–Kier alpha value is -3.36. The van der Waals surface area contributed by atoms with Crippen molar-refractivity contribution in [2.75, 3.05) is 61.3 Å². The zero-order valence-corrected chi connectivity index (χ0v) is 25.9.